The van der Waals surface area contributed by atoms with Gasteiger partial charge in [0.2, 0.25) is 0 Å². The van der Waals surface area contributed by atoms with Crippen molar-refractivity contribution < 1.29 is 37.7 Å². The zero-order valence-electron chi connectivity index (χ0n) is 36.2. The summed E-state index contributed by atoms with van der Waals surface area (Å²) in [7, 11) is 0. The van der Waals surface area contributed by atoms with E-state index in [9.17, 15) is 37.9 Å². The van der Waals surface area contributed by atoms with Gasteiger partial charge in [-0.3, -0.25) is 18.7 Å². The molecule has 0 radical (unpaired) electrons. The van der Waals surface area contributed by atoms with Gasteiger partial charge in [0.15, 0.2) is 11.6 Å². The van der Waals surface area contributed by atoms with Crippen LogP contribution in [-0.2, 0) is 27.1 Å². The highest BCUT2D eigenvalue weighted by atomic mass is 19.1. The molecule has 2 fully saturated rings. The molecule has 0 bridgehead atoms. The second kappa shape index (κ2) is 20.6. The summed E-state index contributed by atoms with van der Waals surface area (Å²) in [6, 6.07) is 11.3. The molecule has 62 heavy (non-hydrogen) atoms. The van der Waals surface area contributed by atoms with Gasteiger partial charge in [0.05, 0.1) is 11.4 Å². The number of aryl methyl sites for hydroxylation is 2. The SMILES string of the molecule is CC(C)(C)OC(=O)N1CCN(c2nc(CCC=O)cn(-c3ccc(F)cc3)c2=O)CC1.CC(C)(C)OC(=O)N1CCN(c2nc(CCCO)cn(-c3ccc(F)cc3)c2=O)CC1. The van der Waals surface area contributed by atoms with Crippen LogP contribution in [0, 0.1) is 11.6 Å². The molecule has 6 rings (SSSR count). The van der Waals surface area contributed by atoms with Gasteiger partial charge in [-0.05, 0) is 109 Å². The molecular weight excluding hydrogens is 807 g/mol. The predicted molar refractivity (Wildman–Crippen MR) is 229 cm³/mol. The number of piperazine rings is 2. The smallest absolute Gasteiger partial charge is 0.410 e. The number of anilines is 2. The maximum Gasteiger partial charge on any atom is 0.410 e. The fraction of sp³-hybridized carbons (Fsp3) is 0.477. The zero-order chi connectivity index (χ0) is 45.2. The molecule has 2 aromatic carbocycles. The third-order valence-electron chi connectivity index (χ3n) is 9.66. The first-order valence-electron chi connectivity index (χ1n) is 20.6. The van der Waals surface area contributed by atoms with Gasteiger partial charge in [-0.15, -0.1) is 0 Å². The topological polar surface area (TPSA) is 173 Å². The maximum absolute atomic E-state index is 13.3. The van der Waals surface area contributed by atoms with Crippen molar-refractivity contribution >= 4 is 30.1 Å². The number of amides is 2. The minimum atomic E-state index is -0.578. The fourth-order valence-corrected chi connectivity index (χ4v) is 6.62. The lowest BCUT2D eigenvalue weighted by Crippen LogP contribution is -2.51. The summed E-state index contributed by atoms with van der Waals surface area (Å²) >= 11 is 0. The van der Waals surface area contributed by atoms with E-state index >= 15 is 0 Å². The quantitative estimate of drug-likeness (QED) is 0.214. The molecule has 18 heteroatoms. The number of hydrogen-bond acceptors (Lipinski definition) is 12. The molecule has 0 unspecified atom stereocenters. The van der Waals surface area contributed by atoms with E-state index in [1.54, 1.807) is 22.2 Å². The molecule has 2 aromatic heterocycles. The lowest BCUT2D eigenvalue weighted by Gasteiger charge is -2.36. The number of aliphatic hydroxyl groups is 1. The first-order valence-corrected chi connectivity index (χ1v) is 20.6. The molecule has 2 saturated heterocycles. The minimum absolute atomic E-state index is 0.0151. The predicted octanol–water partition coefficient (Wildman–Crippen LogP) is 4.91. The number of halogens is 2. The Bertz CT molecular complexity index is 2270. The Labute approximate surface area is 359 Å². The highest BCUT2D eigenvalue weighted by Crippen LogP contribution is 2.19. The van der Waals surface area contributed by atoms with Crippen LogP contribution in [0.3, 0.4) is 0 Å². The van der Waals surface area contributed by atoms with Crippen molar-refractivity contribution in [1.82, 2.24) is 28.9 Å². The van der Waals surface area contributed by atoms with Crippen LogP contribution in [-0.4, -0.2) is 123 Å². The van der Waals surface area contributed by atoms with Crippen LogP contribution in [0.1, 0.15) is 65.8 Å². The van der Waals surface area contributed by atoms with Gasteiger partial charge in [0.25, 0.3) is 11.1 Å². The molecule has 2 aliphatic rings. The number of nitrogens with zero attached hydrogens (tertiary/aromatic N) is 8. The van der Waals surface area contributed by atoms with Gasteiger partial charge in [-0.1, -0.05) is 0 Å². The van der Waals surface area contributed by atoms with Crippen LogP contribution in [0.4, 0.5) is 30.0 Å². The Morgan fingerprint density at radius 2 is 1.02 bits per heavy atom. The highest BCUT2D eigenvalue weighted by molar-refractivity contribution is 5.69. The third kappa shape index (κ3) is 12.9. The number of carbonyl (C=O) groups is 3. The van der Waals surface area contributed by atoms with E-state index in [-0.39, 0.29) is 53.8 Å². The highest BCUT2D eigenvalue weighted by Gasteiger charge is 2.30. The third-order valence-corrected chi connectivity index (χ3v) is 9.66. The summed E-state index contributed by atoms with van der Waals surface area (Å²) in [5.41, 5.74) is 0.480. The minimum Gasteiger partial charge on any atom is -0.444 e. The average molecular weight is 863 g/mol. The molecule has 0 spiro atoms. The van der Waals surface area contributed by atoms with Gasteiger partial charge in [0, 0.05) is 89.2 Å². The Balaban J connectivity index is 0.000000234. The van der Waals surface area contributed by atoms with Crippen LogP contribution in [0.5, 0.6) is 0 Å². The molecule has 4 heterocycles. The lowest BCUT2D eigenvalue weighted by molar-refractivity contribution is -0.107. The van der Waals surface area contributed by atoms with Crippen molar-refractivity contribution in [2.24, 2.45) is 0 Å². The number of carbonyl (C=O) groups excluding carboxylic acids is 3. The first-order chi connectivity index (χ1) is 29.3. The Kier molecular flexibility index (Phi) is 15.6. The second-order valence-electron chi connectivity index (χ2n) is 16.9. The Hall–Kier alpha value is -6.17. The summed E-state index contributed by atoms with van der Waals surface area (Å²) in [4.78, 5) is 77.7. The molecule has 0 aliphatic carbocycles. The number of aldehydes is 1. The van der Waals surface area contributed by atoms with E-state index < -0.39 is 17.0 Å². The lowest BCUT2D eigenvalue weighted by atomic mass is 10.2. The molecule has 0 saturated carbocycles. The summed E-state index contributed by atoms with van der Waals surface area (Å²) in [6.07, 6.45) is 4.93. The largest absolute Gasteiger partial charge is 0.444 e. The van der Waals surface area contributed by atoms with E-state index in [4.69, 9.17) is 9.47 Å². The molecule has 16 nitrogen and oxygen atoms in total. The first kappa shape index (κ1) is 46.9. The standard InChI is InChI=1S/C22H29FN4O4.C22H27FN4O4/c2*1-22(2,3)31-21(30)26-12-10-25(11-13-26)19-20(29)27(15-17(24-19)5-4-14-28)18-8-6-16(23)7-9-18/h6-9,15,28H,4-5,10-14H2,1-3H3;6-9,14-15H,4-5,10-13H2,1-3H3. The van der Waals surface area contributed by atoms with Gasteiger partial charge >= 0.3 is 12.2 Å². The normalized spacial score (nSPS) is 14.5. The van der Waals surface area contributed by atoms with Crippen molar-refractivity contribution in [3.8, 4) is 11.4 Å². The molecule has 4 aromatic rings. The number of benzene rings is 2. The van der Waals surface area contributed by atoms with E-state index in [2.05, 4.69) is 9.97 Å². The van der Waals surface area contributed by atoms with Gasteiger partial charge < -0.3 is 39.0 Å². The van der Waals surface area contributed by atoms with Crippen molar-refractivity contribution in [3.05, 3.63) is 105 Å². The van der Waals surface area contributed by atoms with E-state index in [0.717, 1.165) is 6.29 Å². The van der Waals surface area contributed by atoms with E-state index in [1.165, 1.54) is 57.7 Å². The number of aliphatic hydroxyl groups excluding tert-OH is 1. The van der Waals surface area contributed by atoms with Gasteiger partial charge in [-0.2, -0.15) is 0 Å². The van der Waals surface area contributed by atoms with E-state index in [0.29, 0.717) is 94.4 Å². The van der Waals surface area contributed by atoms with E-state index in [1.807, 2.05) is 51.3 Å². The number of rotatable bonds is 10. The van der Waals surface area contributed by atoms with Crippen LogP contribution in [0.25, 0.3) is 11.4 Å². The number of hydrogen-bond donors (Lipinski definition) is 1. The maximum atomic E-state index is 13.3. The molecular formula is C44H56F2N8O8. The van der Waals surface area contributed by atoms with Crippen LogP contribution < -0.4 is 20.9 Å². The summed E-state index contributed by atoms with van der Waals surface area (Å²) in [5.74, 6) is -0.254. The molecule has 334 valence electrons. The van der Waals surface area contributed by atoms with Crippen LogP contribution in [0.2, 0.25) is 0 Å². The Morgan fingerprint density at radius 3 is 1.35 bits per heavy atom. The summed E-state index contributed by atoms with van der Waals surface area (Å²) < 4.78 is 40.4. The van der Waals surface area contributed by atoms with Crippen LogP contribution >= 0.6 is 0 Å². The van der Waals surface area contributed by atoms with Crippen molar-refractivity contribution in [3.63, 3.8) is 0 Å². The second-order valence-corrected chi connectivity index (χ2v) is 16.9. The molecule has 1 N–H and O–H groups in total. The average Bonchev–Trinajstić information content (AvgIpc) is 3.23. The molecule has 2 amide bonds. The Morgan fingerprint density at radius 1 is 0.645 bits per heavy atom. The monoisotopic (exact) mass is 862 g/mol. The summed E-state index contributed by atoms with van der Waals surface area (Å²) in [6.45, 7) is 14.2. The van der Waals surface area contributed by atoms with Crippen molar-refractivity contribution in [1.29, 1.82) is 0 Å². The van der Waals surface area contributed by atoms with Crippen molar-refractivity contribution in [2.75, 3.05) is 68.8 Å². The van der Waals surface area contributed by atoms with Gasteiger partial charge in [0.1, 0.15) is 29.1 Å². The zero-order valence-corrected chi connectivity index (χ0v) is 36.2. The number of aromatic nitrogens is 4. The molecule has 2 aliphatic heterocycles. The summed E-state index contributed by atoms with van der Waals surface area (Å²) in [5, 5.41) is 9.18. The molecule has 0 atom stereocenters. The van der Waals surface area contributed by atoms with Gasteiger partial charge in [-0.25, -0.2) is 28.3 Å². The fourth-order valence-electron chi connectivity index (χ4n) is 6.62. The number of ether oxygens (including phenoxy) is 2. The van der Waals surface area contributed by atoms with Crippen molar-refractivity contribution in [2.45, 2.75) is 78.4 Å². The van der Waals surface area contributed by atoms with Crippen LogP contribution in [0.15, 0.2) is 70.5 Å².